The number of pyridine rings is 1. The molecular formula is C33H48N4O2. The molecule has 6 atom stereocenters. The van der Waals surface area contributed by atoms with E-state index in [4.69, 9.17) is 4.84 Å². The van der Waals surface area contributed by atoms with Gasteiger partial charge in [0.15, 0.2) is 0 Å². The minimum absolute atomic E-state index is 0.274. The van der Waals surface area contributed by atoms with E-state index in [9.17, 15) is 4.79 Å². The van der Waals surface area contributed by atoms with Crippen molar-refractivity contribution >= 4 is 11.7 Å². The number of likely N-dealkylation sites (N-methyl/N-ethyl adjacent to an activating group) is 1. The van der Waals surface area contributed by atoms with Gasteiger partial charge < -0.3 is 14.6 Å². The molecule has 0 spiro atoms. The standard InChI is InChI=1S/C33H48N4O2/c1-32-14-12-24(22-35-39-31(38)36(3)19-20-37-17-4-5-18-37)21-26(32)8-9-27-29-11-10-28(25-7-6-16-34-23-25)33(29,2)15-13-30(27)32/h6-7,10,16,21,23-24,27,29-30,35H,4-5,8-9,11-15,17-20,22H2,1-3H3/t24?,27-,29+,30+,32+,33-/m1/s1. The lowest BCUT2D eigenvalue weighted by Crippen LogP contribution is -2.50. The van der Waals surface area contributed by atoms with E-state index in [1.807, 2.05) is 13.2 Å². The van der Waals surface area contributed by atoms with E-state index in [2.05, 4.69) is 59.7 Å². The molecular weight excluding hydrogens is 484 g/mol. The Kier molecular flexibility index (Phi) is 7.62. The fraction of sp³-hybridized carbons (Fsp3) is 0.697. The first-order chi connectivity index (χ1) is 18.9. The second-order valence-electron chi connectivity index (χ2n) is 13.6. The predicted molar refractivity (Wildman–Crippen MR) is 156 cm³/mol. The third kappa shape index (κ3) is 5.08. The zero-order valence-corrected chi connectivity index (χ0v) is 24.3. The van der Waals surface area contributed by atoms with Gasteiger partial charge in [-0.15, -0.1) is 0 Å². The number of hydrogen-bond acceptors (Lipinski definition) is 5. The van der Waals surface area contributed by atoms with E-state index >= 15 is 0 Å². The highest BCUT2D eigenvalue weighted by atomic mass is 16.7. The average Bonchev–Trinajstić information content (AvgIpc) is 3.59. The number of carbonyl (C=O) groups is 1. The highest BCUT2D eigenvalue weighted by Crippen LogP contribution is 2.66. The van der Waals surface area contributed by atoms with Gasteiger partial charge in [0.2, 0.25) is 0 Å². The molecule has 3 fully saturated rings. The van der Waals surface area contributed by atoms with Crippen LogP contribution in [0.3, 0.4) is 0 Å². The Hall–Kier alpha value is -2.18. The molecule has 0 aromatic carbocycles. The van der Waals surface area contributed by atoms with Crippen molar-refractivity contribution in [2.45, 2.75) is 71.6 Å². The van der Waals surface area contributed by atoms with E-state index in [0.29, 0.717) is 24.4 Å². The van der Waals surface area contributed by atoms with Gasteiger partial charge in [-0.3, -0.25) is 4.98 Å². The van der Waals surface area contributed by atoms with Crippen LogP contribution in [0.1, 0.15) is 77.2 Å². The van der Waals surface area contributed by atoms with Crippen molar-refractivity contribution in [3.05, 3.63) is 47.8 Å². The van der Waals surface area contributed by atoms with Gasteiger partial charge in [-0.1, -0.05) is 37.6 Å². The zero-order chi connectivity index (χ0) is 27.0. The molecule has 1 amide bonds. The van der Waals surface area contributed by atoms with Gasteiger partial charge in [-0.25, -0.2) is 4.79 Å². The summed E-state index contributed by atoms with van der Waals surface area (Å²) in [5, 5.41) is 0. The molecule has 1 saturated heterocycles. The summed E-state index contributed by atoms with van der Waals surface area (Å²) in [6, 6.07) is 4.33. The molecule has 1 aliphatic heterocycles. The summed E-state index contributed by atoms with van der Waals surface area (Å²) in [7, 11) is 1.83. The van der Waals surface area contributed by atoms with Gasteiger partial charge in [-0.05, 0) is 123 Å². The number of nitrogens with one attached hydrogen (secondary N) is 1. The maximum Gasteiger partial charge on any atom is 0.428 e. The first-order valence-corrected chi connectivity index (χ1v) is 15.6. The van der Waals surface area contributed by atoms with Crippen molar-refractivity contribution in [3.63, 3.8) is 0 Å². The number of fused-ring (bicyclic) bond motifs is 5. The van der Waals surface area contributed by atoms with Crippen molar-refractivity contribution in [1.29, 1.82) is 0 Å². The minimum atomic E-state index is -0.274. The Bertz CT molecular complexity index is 1100. The van der Waals surface area contributed by atoms with E-state index in [0.717, 1.165) is 37.4 Å². The van der Waals surface area contributed by atoms with E-state index < -0.39 is 0 Å². The fourth-order valence-corrected chi connectivity index (χ4v) is 9.17. The van der Waals surface area contributed by atoms with Crippen LogP contribution in [0, 0.1) is 34.5 Å². The molecule has 39 heavy (non-hydrogen) atoms. The maximum atomic E-state index is 12.5. The van der Waals surface area contributed by atoms with Crippen LogP contribution in [0.4, 0.5) is 4.79 Å². The second-order valence-corrected chi connectivity index (χ2v) is 13.6. The summed E-state index contributed by atoms with van der Waals surface area (Å²) in [5.41, 5.74) is 8.19. The smallest absolute Gasteiger partial charge is 0.354 e. The number of rotatable bonds is 7. The number of aromatic nitrogens is 1. The third-order valence-electron chi connectivity index (χ3n) is 11.5. The number of nitrogens with zero attached hydrogens (tertiary/aromatic N) is 3. The van der Waals surface area contributed by atoms with Crippen LogP contribution in [0.25, 0.3) is 5.57 Å². The van der Waals surface area contributed by atoms with Gasteiger partial charge in [0.05, 0.1) is 0 Å². The number of amides is 1. The minimum Gasteiger partial charge on any atom is -0.354 e. The van der Waals surface area contributed by atoms with Crippen molar-refractivity contribution in [1.82, 2.24) is 20.3 Å². The van der Waals surface area contributed by atoms with Gasteiger partial charge >= 0.3 is 6.09 Å². The molecule has 1 unspecified atom stereocenters. The lowest BCUT2D eigenvalue weighted by molar-refractivity contribution is -0.0252. The van der Waals surface area contributed by atoms with Crippen LogP contribution >= 0.6 is 0 Å². The summed E-state index contributed by atoms with van der Waals surface area (Å²) in [4.78, 5) is 26.5. The van der Waals surface area contributed by atoms with Gasteiger partial charge in [0.1, 0.15) is 0 Å². The lowest BCUT2D eigenvalue weighted by atomic mass is 9.46. The van der Waals surface area contributed by atoms with Crippen molar-refractivity contribution in [3.8, 4) is 0 Å². The van der Waals surface area contributed by atoms with Crippen LogP contribution in [-0.2, 0) is 4.84 Å². The van der Waals surface area contributed by atoms with Crippen molar-refractivity contribution in [2.75, 3.05) is 39.8 Å². The summed E-state index contributed by atoms with van der Waals surface area (Å²) in [6.45, 7) is 9.78. The lowest BCUT2D eigenvalue weighted by Gasteiger charge is -2.58. The largest absolute Gasteiger partial charge is 0.428 e. The molecule has 0 radical (unpaired) electrons. The van der Waals surface area contributed by atoms with Gasteiger partial charge in [0, 0.05) is 39.1 Å². The molecule has 1 N–H and O–H groups in total. The molecule has 0 bridgehead atoms. The van der Waals surface area contributed by atoms with Crippen LogP contribution in [0.2, 0.25) is 0 Å². The summed E-state index contributed by atoms with van der Waals surface area (Å²) >= 11 is 0. The van der Waals surface area contributed by atoms with Gasteiger partial charge in [0.25, 0.3) is 0 Å². The monoisotopic (exact) mass is 532 g/mol. The molecule has 1 aromatic heterocycles. The predicted octanol–water partition coefficient (Wildman–Crippen LogP) is 6.32. The quantitative estimate of drug-likeness (QED) is 0.329. The van der Waals surface area contributed by atoms with E-state index in [1.165, 1.54) is 63.4 Å². The Morgan fingerprint density at radius 3 is 2.77 bits per heavy atom. The average molecular weight is 533 g/mol. The number of carbonyl (C=O) groups excluding carboxylic acids is 1. The van der Waals surface area contributed by atoms with Gasteiger partial charge in [-0.2, -0.15) is 5.48 Å². The van der Waals surface area contributed by atoms with Crippen molar-refractivity contribution < 1.29 is 9.63 Å². The zero-order valence-electron chi connectivity index (χ0n) is 24.3. The Morgan fingerprint density at radius 1 is 1.15 bits per heavy atom. The summed E-state index contributed by atoms with van der Waals surface area (Å²) < 4.78 is 0. The van der Waals surface area contributed by atoms with E-state index in [1.54, 1.807) is 16.0 Å². The van der Waals surface area contributed by atoms with Crippen LogP contribution < -0.4 is 5.48 Å². The van der Waals surface area contributed by atoms with Crippen LogP contribution in [0.5, 0.6) is 0 Å². The van der Waals surface area contributed by atoms with E-state index in [-0.39, 0.29) is 11.5 Å². The van der Waals surface area contributed by atoms with Crippen LogP contribution in [0.15, 0.2) is 42.3 Å². The Morgan fingerprint density at radius 2 is 1.97 bits per heavy atom. The topological polar surface area (TPSA) is 57.7 Å². The molecule has 212 valence electrons. The molecule has 2 saturated carbocycles. The molecule has 2 heterocycles. The fourth-order valence-electron chi connectivity index (χ4n) is 9.17. The summed E-state index contributed by atoms with van der Waals surface area (Å²) in [5.74, 6) is 2.79. The number of allylic oxidation sites excluding steroid dienone is 3. The molecule has 5 aliphatic rings. The second kappa shape index (κ2) is 11.0. The highest BCUT2D eigenvalue weighted by molar-refractivity contribution is 5.72. The number of hydrogen-bond donors (Lipinski definition) is 1. The number of hydroxylamine groups is 1. The molecule has 4 aliphatic carbocycles. The SMILES string of the molecule is CN(CCN1CCCC1)C(=O)ONCC1C=C2CC[C@H]3[C@H](CC[C@]4(C)C(c5cccnc5)=CC[C@@H]34)[C@@]2(C)CC1. The first kappa shape index (κ1) is 27.0. The first-order valence-electron chi connectivity index (χ1n) is 15.6. The number of likely N-dealkylation sites (tertiary alicyclic amines) is 1. The molecule has 6 rings (SSSR count). The highest BCUT2D eigenvalue weighted by Gasteiger charge is 2.57. The molecule has 6 heteroatoms. The molecule has 1 aromatic rings. The molecule has 6 nitrogen and oxygen atoms in total. The maximum absolute atomic E-state index is 12.5. The Labute approximate surface area is 235 Å². The van der Waals surface area contributed by atoms with Crippen molar-refractivity contribution in [2.24, 2.45) is 34.5 Å². The third-order valence-corrected chi connectivity index (χ3v) is 11.5. The Balaban J connectivity index is 1.03. The normalized spacial score (nSPS) is 35.9. The van der Waals surface area contributed by atoms with Crippen LogP contribution in [-0.4, -0.2) is 60.6 Å². The summed E-state index contributed by atoms with van der Waals surface area (Å²) in [6.07, 6.45) is 20.1.